The number of unbranched alkanes of at least 4 members (excludes halogenated alkanes) is 1. The molecule has 4 nitrogen and oxygen atoms in total. The van der Waals surface area contributed by atoms with Gasteiger partial charge in [0.1, 0.15) is 5.75 Å². The van der Waals surface area contributed by atoms with E-state index in [0.29, 0.717) is 19.8 Å². The van der Waals surface area contributed by atoms with Crippen molar-refractivity contribution in [2.75, 3.05) is 19.8 Å². The summed E-state index contributed by atoms with van der Waals surface area (Å²) in [5.74, 6) is -0.173. The molecule has 0 spiro atoms. The number of ether oxygens (including phenoxy) is 2. The topological polar surface area (TPSA) is 55.8 Å². The summed E-state index contributed by atoms with van der Waals surface area (Å²) >= 11 is 0. The Morgan fingerprint density at radius 2 is 1.90 bits per heavy atom. The van der Waals surface area contributed by atoms with Crippen LogP contribution in [0.15, 0.2) is 43.0 Å². The average Bonchev–Trinajstić information content (AvgIpc) is 2.45. The summed E-state index contributed by atoms with van der Waals surface area (Å²) in [7, 11) is 0. The molecule has 0 fully saturated rings. The minimum atomic E-state index is -0.955. The second-order valence-corrected chi connectivity index (χ2v) is 4.16. The molecule has 20 heavy (non-hydrogen) atoms. The van der Waals surface area contributed by atoms with Gasteiger partial charge >= 0.3 is 5.97 Å². The van der Waals surface area contributed by atoms with Crippen molar-refractivity contribution in [2.24, 2.45) is 0 Å². The molecule has 0 bridgehead atoms. The minimum Gasteiger partial charge on any atom is -0.494 e. The number of aliphatic carboxylic acids is 1. The lowest BCUT2D eigenvalue weighted by Gasteiger charge is -2.06. The van der Waals surface area contributed by atoms with Crippen molar-refractivity contribution in [3.8, 4) is 5.75 Å². The number of hydrogen-bond donors (Lipinski definition) is 1. The highest BCUT2D eigenvalue weighted by molar-refractivity contribution is 5.85. The molecule has 0 heterocycles. The van der Waals surface area contributed by atoms with E-state index in [9.17, 15) is 4.79 Å². The lowest BCUT2D eigenvalue weighted by atomic mass is 10.2. The van der Waals surface area contributed by atoms with Gasteiger partial charge in [-0.25, -0.2) is 4.79 Å². The van der Waals surface area contributed by atoms with E-state index in [1.165, 1.54) is 0 Å². The fraction of sp³-hybridized carbons (Fsp3) is 0.312. The molecule has 0 aromatic heterocycles. The van der Waals surface area contributed by atoms with E-state index >= 15 is 0 Å². The molecule has 0 radical (unpaired) electrons. The van der Waals surface area contributed by atoms with Crippen molar-refractivity contribution in [3.05, 3.63) is 48.6 Å². The third-order valence-electron chi connectivity index (χ3n) is 2.49. The normalized spacial score (nSPS) is 10.6. The number of hydrogen-bond acceptors (Lipinski definition) is 3. The zero-order chi connectivity index (χ0) is 14.6. The smallest absolute Gasteiger partial charge is 0.328 e. The Kier molecular flexibility index (Phi) is 7.84. The van der Waals surface area contributed by atoms with E-state index in [1.54, 1.807) is 12.2 Å². The van der Waals surface area contributed by atoms with Gasteiger partial charge in [0.2, 0.25) is 0 Å². The van der Waals surface area contributed by atoms with Crippen LogP contribution >= 0.6 is 0 Å². The van der Waals surface area contributed by atoms with Gasteiger partial charge in [0, 0.05) is 12.7 Å². The van der Waals surface area contributed by atoms with Crippen molar-refractivity contribution in [2.45, 2.75) is 12.8 Å². The largest absolute Gasteiger partial charge is 0.494 e. The van der Waals surface area contributed by atoms with Gasteiger partial charge < -0.3 is 14.6 Å². The SMILES string of the molecule is C=CCOCCCCOc1ccc(/C=C/C(=O)O)cc1. The Labute approximate surface area is 119 Å². The van der Waals surface area contributed by atoms with Crippen LogP contribution in [-0.4, -0.2) is 30.9 Å². The summed E-state index contributed by atoms with van der Waals surface area (Å²) in [6, 6.07) is 7.30. The first-order valence-corrected chi connectivity index (χ1v) is 6.55. The van der Waals surface area contributed by atoms with Gasteiger partial charge in [-0.15, -0.1) is 6.58 Å². The molecule has 0 saturated heterocycles. The molecule has 1 aromatic carbocycles. The van der Waals surface area contributed by atoms with Crippen molar-refractivity contribution < 1.29 is 19.4 Å². The van der Waals surface area contributed by atoms with E-state index < -0.39 is 5.97 Å². The molecule has 108 valence electrons. The summed E-state index contributed by atoms with van der Waals surface area (Å²) in [5, 5.41) is 8.52. The zero-order valence-electron chi connectivity index (χ0n) is 11.5. The maximum Gasteiger partial charge on any atom is 0.328 e. The van der Waals surface area contributed by atoms with Gasteiger partial charge in [0.05, 0.1) is 13.2 Å². The highest BCUT2D eigenvalue weighted by Crippen LogP contribution is 2.13. The van der Waals surface area contributed by atoms with Gasteiger partial charge in [-0.2, -0.15) is 0 Å². The van der Waals surface area contributed by atoms with Crippen molar-refractivity contribution in [1.82, 2.24) is 0 Å². The summed E-state index contributed by atoms with van der Waals surface area (Å²) in [6.07, 6.45) is 6.27. The Morgan fingerprint density at radius 1 is 1.20 bits per heavy atom. The molecule has 0 aliphatic rings. The minimum absolute atomic E-state index is 0.589. The third kappa shape index (κ3) is 7.38. The first-order valence-electron chi connectivity index (χ1n) is 6.55. The van der Waals surface area contributed by atoms with E-state index in [-0.39, 0.29) is 0 Å². The first kappa shape index (κ1) is 16.0. The molecular formula is C16H20O4. The van der Waals surface area contributed by atoms with Gasteiger partial charge in [-0.1, -0.05) is 18.2 Å². The zero-order valence-corrected chi connectivity index (χ0v) is 11.5. The summed E-state index contributed by atoms with van der Waals surface area (Å²) in [6.45, 7) is 5.52. The van der Waals surface area contributed by atoms with Crippen LogP contribution in [0, 0.1) is 0 Å². The van der Waals surface area contributed by atoms with Crippen LogP contribution in [0.25, 0.3) is 6.08 Å². The Morgan fingerprint density at radius 3 is 2.55 bits per heavy atom. The molecule has 0 aliphatic carbocycles. The summed E-state index contributed by atoms with van der Waals surface area (Å²) in [5.41, 5.74) is 0.831. The molecule has 1 aromatic rings. The summed E-state index contributed by atoms with van der Waals surface area (Å²) < 4.78 is 10.8. The molecule has 1 rings (SSSR count). The van der Waals surface area contributed by atoms with Crippen molar-refractivity contribution >= 4 is 12.0 Å². The van der Waals surface area contributed by atoms with Crippen LogP contribution in [0.1, 0.15) is 18.4 Å². The average molecular weight is 276 g/mol. The lowest BCUT2D eigenvalue weighted by molar-refractivity contribution is -0.131. The molecular weight excluding hydrogens is 256 g/mol. The van der Waals surface area contributed by atoms with E-state index in [0.717, 1.165) is 30.2 Å². The number of rotatable bonds is 10. The molecule has 0 saturated carbocycles. The highest BCUT2D eigenvalue weighted by Gasteiger charge is 1.95. The predicted octanol–water partition coefficient (Wildman–Crippen LogP) is 3.15. The standard InChI is InChI=1S/C16H20O4/c1-2-11-19-12-3-4-13-20-15-8-5-14(6-9-15)7-10-16(17)18/h2,5-10H,1,3-4,11-13H2,(H,17,18)/b10-7+. The van der Waals surface area contributed by atoms with Gasteiger partial charge in [0.25, 0.3) is 0 Å². The fourth-order valence-corrected chi connectivity index (χ4v) is 1.51. The van der Waals surface area contributed by atoms with Gasteiger partial charge in [-0.05, 0) is 36.6 Å². The Hall–Kier alpha value is -2.07. The second kappa shape index (κ2) is 9.81. The Balaban J connectivity index is 2.21. The predicted molar refractivity (Wildman–Crippen MR) is 78.9 cm³/mol. The molecule has 0 unspecified atom stereocenters. The van der Waals surface area contributed by atoms with Crippen LogP contribution in [0.2, 0.25) is 0 Å². The first-order chi connectivity index (χ1) is 9.72. The van der Waals surface area contributed by atoms with Crippen LogP contribution in [0.3, 0.4) is 0 Å². The van der Waals surface area contributed by atoms with Crippen molar-refractivity contribution in [3.63, 3.8) is 0 Å². The maximum absolute atomic E-state index is 10.4. The van der Waals surface area contributed by atoms with Crippen LogP contribution in [0.5, 0.6) is 5.75 Å². The van der Waals surface area contributed by atoms with E-state index in [1.807, 2.05) is 24.3 Å². The lowest BCUT2D eigenvalue weighted by Crippen LogP contribution is -2.00. The maximum atomic E-state index is 10.4. The van der Waals surface area contributed by atoms with Gasteiger partial charge in [0.15, 0.2) is 0 Å². The van der Waals surface area contributed by atoms with Gasteiger partial charge in [-0.3, -0.25) is 0 Å². The number of carboxylic acids is 1. The second-order valence-electron chi connectivity index (χ2n) is 4.16. The Bertz CT molecular complexity index is 434. The van der Waals surface area contributed by atoms with Crippen molar-refractivity contribution in [1.29, 1.82) is 0 Å². The number of carboxylic acid groups (broad SMARTS) is 1. The van der Waals surface area contributed by atoms with Crippen LogP contribution in [-0.2, 0) is 9.53 Å². The fourth-order valence-electron chi connectivity index (χ4n) is 1.51. The molecule has 4 heteroatoms. The van der Waals surface area contributed by atoms with E-state index in [4.69, 9.17) is 14.6 Å². The molecule has 1 N–H and O–H groups in total. The quantitative estimate of drug-likeness (QED) is 0.405. The monoisotopic (exact) mass is 276 g/mol. The highest BCUT2D eigenvalue weighted by atomic mass is 16.5. The van der Waals surface area contributed by atoms with E-state index in [2.05, 4.69) is 6.58 Å². The number of benzene rings is 1. The van der Waals surface area contributed by atoms with Crippen LogP contribution in [0.4, 0.5) is 0 Å². The molecule has 0 amide bonds. The molecule has 0 atom stereocenters. The van der Waals surface area contributed by atoms with Crippen LogP contribution < -0.4 is 4.74 Å². The molecule has 0 aliphatic heterocycles. The summed E-state index contributed by atoms with van der Waals surface area (Å²) in [4.78, 5) is 10.4. The number of carbonyl (C=O) groups is 1. The third-order valence-corrected chi connectivity index (χ3v) is 2.49.